The zero-order valence-electron chi connectivity index (χ0n) is 12.6. The molecular weight excluding hydrogens is 265 g/mol. The van der Waals surface area contributed by atoms with Gasteiger partial charge >= 0.3 is 0 Å². The minimum absolute atomic E-state index is 0.0969. The van der Waals surface area contributed by atoms with Crippen LogP contribution >= 0.6 is 0 Å². The summed E-state index contributed by atoms with van der Waals surface area (Å²) in [6.07, 6.45) is 0. The number of carbonyl (C=O) groups is 1. The molecule has 0 bridgehead atoms. The first-order chi connectivity index (χ1) is 9.97. The predicted molar refractivity (Wildman–Crippen MR) is 82.8 cm³/mol. The third kappa shape index (κ3) is 3.99. The van der Waals surface area contributed by atoms with E-state index in [-0.39, 0.29) is 17.6 Å². The van der Waals surface area contributed by atoms with Gasteiger partial charge in [-0.2, -0.15) is 0 Å². The Morgan fingerprint density at radius 2 is 1.67 bits per heavy atom. The average molecular weight is 285 g/mol. The molecule has 0 spiro atoms. The molecule has 0 aromatic heterocycles. The Kier molecular flexibility index (Phi) is 4.86. The SMILES string of the molecule is Cc1ccc(C(=O)C(C)N(C)Cc2ccc(F)cc2)cc1. The summed E-state index contributed by atoms with van der Waals surface area (Å²) in [7, 11) is 1.90. The molecule has 0 fully saturated rings. The second-order valence-electron chi connectivity index (χ2n) is 5.45. The lowest BCUT2D eigenvalue weighted by atomic mass is 10.0. The highest BCUT2D eigenvalue weighted by Crippen LogP contribution is 2.12. The van der Waals surface area contributed by atoms with Gasteiger partial charge in [-0.25, -0.2) is 4.39 Å². The molecule has 0 amide bonds. The van der Waals surface area contributed by atoms with Crippen molar-refractivity contribution in [2.75, 3.05) is 7.05 Å². The minimum Gasteiger partial charge on any atom is -0.292 e. The van der Waals surface area contributed by atoms with Crippen LogP contribution in [0, 0.1) is 12.7 Å². The Morgan fingerprint density at radius 1 is 1.10 bits per heavy atom. The Balaban J connectivity index is 2.04. The third-order valence-corrected chi connectivity index (χ3v) is 3.72. The molecule has 0 aliphatic carbocycles. The molecule has 2 aromatic rings. The monoisotopic (exact) mass is 285 g/mol. The first-order valence-electron chi connectivity index (χ1n) is 7.03. The van der Waals surface area contributed by atoms with Gasteiger partial charge in [0.25, 0.3) is 0 Å². The predicted octanol–water partition coefficient (Wildman–Crippen LogP) is 3.84. The lowest BCUT2D eigenvalue weighted by Crippen LogP contribution is -2.35. The highest BCUT2D eigenvalue weighted by Gasteiger charge is 2.19. The number of ketones is 1. The molecule has 0 aliphatic rings. The van der Waals surface area contributed by atoms with E-state index in [1.54, 1.807) is 12.1 Å². The van der Waals surface area contributed by atoms with Gasteiger partial charge in [0.2, 0.25) is 0 Å². The van der Waals surface area contributed by atoms with Crippen molar-refractivity contribution >= 4 is 5.78 Å². The fraction of sp³-hybridized carbons (Fsp3) is 0.278. The Hall–Kier alpha value is -2.00. The highest BCUT2D eigenvalue weighted by atomic mass is 19.1. The smallest absolute Gasteiger partial charge is 0.179 e. The number of carbonyl (C=O) groups excluding carboxylic acids is 1. The summed E-state index contributed by atoms with van der Waals surface area (Å²) in [6, 6.07) is 13.8. The second kappa shape index (κ2) is 6.64. The maximum Gasteiger partial charge on any atom is 0.179 e. The maximum absolute atomic E-state index is 12.9. The number of aryl methyl sites for hydroxylation is 1. The van der Waals surface area contributed by atoms with Gasteiger partial charge in [-0.15, -0.1) is 0 Å². The number of nitrogens with zero attached hydrogens (tertiary/aromatic N) is 1. The van der Waals surface area contributed by atoms with Crippen LogP contribution in [-0.2, 0) is 6.54 Å². The van der Waals surface area contributed by atoms with Crippen molar-refractivity contribution < 1.29 is 9.18 Å². The van der Waals surface area contributed by atoms with Crippen LogP contribution in [0.15, 0.2) is 48.5 Å². The summed E-state index contributed by atoms with van der Waals surface area (Å²) in [5.74, 6) is -0.148. The molecule has 0 saturated carbocycles. The van der Waals surface area contributed by atoms with Gasteiger partial charge in [0, 0.05) is 12.1 Å². The van der Waals surface area contributed by atoms with Gasteiger partial charge in [-0.3, -0.25) is 9.69 Å². The van der Waals surface area contributed by atoms with E-state index in [1.807, 2.05) is 50.1 Å². The first kappa shape index (κ1) is 15.4. The van der Waals surface area contributed by atoms with Gasteiger partial charge in [-0.05, 0) is 38.6 Å². The molecular formula is C18H20FNO. The van der Waals surface area contributed by atoms with Crippen LogP contribution in [0.2, 0.25) is 0 Å². The van der Waals surface area contributed by atoms with Crippen LogP contribution in [-0.4, -0.2) is 23.8 Å². The Bertz CT molecular complexity index is 604. The largest absolute Gasteiger partial charge is 0.292 e. The summed E-state index contributed by atoms with van der Waals surface area (Å²) in [4.78, 5) is 14.4. The van der Waals surface area contributed by atoms with Crippen molar-refractivity contribution in [2.45, 2.75) is 26.4 Å². The lowest BCUT2D eigenvalue weighted by Gasteiger charge is -2.23. The van der Waals surface area contributed by atoms with Crippen molar-refractivity contribution in [1.29, 1.82) is 0 Å². The van der Waals surface area contributed by atoms with Gasteiger partial charge in [-0.1, -0.05) is 42.0 Å². The summed E-state index contributed by atoms with van der Waals surface area (Å²) in [5, 5.41) is 0. The molecule has 0 heterocycles. The van der Waals surface area contributed by atoms with Crippen LogP contribution in [0.3, 0.4) is 0 Å². The summed E-state index contributed by atoms with van der Waals surface area (Å²) in [6.45, 7) is 4.50. The summed E-state index contributed by atoms with van der Waals surface area (Å²) >= 11 is 0. The molecule has 0 N–H and O–H groups in total. The van der Waals surface area contributed by atoms with Crippen LogP contribution in [0.5, 0.6) is 0 Å². The van der Waals surface area contributed by atoms with Gasteiger partial charge in [0.1, 0.15) is 5.82 Å². The van der Waals surface area contributed by atoms with Gasteiger partial charge in [0.15, 0.2) is 5.78 Å². The van der Waals surface area contributed by atoms with E-state index in [0.717, 1.165) is 16.7 Å². The number of hydrogen-bond acceptors (Lipinski definition) is 2. The van der Waals surface area contributed by atoms with Crippen molar-refractivity contribution in [1.82, 2.24) is 4.90 Å². The van der Waals surface area contributed by atoms with E-state index < -0.39 is 0 Å². The standard InChI is InChI=1S/C18H20FNO/c1-13-4-8-16(9-5-13)18(21)14(2)20(3)12-15-6-10-17(19)11-7-15/h4-11,14H,12H2,1-3H3. The van der Waals surface area contributed by atoms with E-state index in [2.05, 4.69) is 0 Å². The molecule has 0 saturated heterocycles. The van der Waals surface area contributed by atoms with Gasteiger partial charge in [0.05, 0.1) is 6.04 Å². The van der Waals surface area contributed by atoms with Crippen LogP contribution in [0.1, 0.15) is 28.4 Å². The van der Waals surface area contributed by atoms with E-state index in [9.17, 15) is 9.18 Å². The normalized spacial score (nSPS) is 12.4. The first-order valence-corrected chi connectivity index (χ1v) is 7.03. The number of hydrogen-bond donors (Lipinski definition) is 0. The van der Waals surface area contributed by atoms with Crippen LogP contribution in [0.25, 0.3) is 0 Å². The number of rotatable bonds is 5. The lowest BCUT2D eigenvalue weighted by molar-refractivity contribution is 0.0862. The van der Waals surface area contributed by atoms with Crippen molar-refractivity contribution in [2.24, 2.45) is 0 Å². The highest BCUT2D eigenvalue weighted by molar-refractivity contribution is 5.99. The Morgan fingerprint density at radius 3 is 2.24 bits per heavy atom. The fourth-order valence-electron chi connectivity index (χ4n) is 2.17. The quantitative estimate of drug-likeness (QED) is 0.778. The van der Waals surface area contributed by atoms with E-state index in [1.165, 1.54) is 12.1 Å². The number of likely N-dealkylation sites (N-methyl/N-ethyl adjacent to an activating group) is 1. The van der Waals surface area contributed by atoms with Gasteiger partial charge < -0.3 is 0 Å². The van der Waals surface area contributed by atoms with Crippen LogP contribution < -0.4 is 0 Å². The number of halogens is 1. The van der Waals surface area contributed by atoms with Crippen molar-refractivity contribution in [3.8, 4) is 0 Å². The van der Waals surface area contributed by atoms with Crippen molar-refractivity contribution in [3.63, 3.8) is 0 Å². The molecule has 2 nitrogen and oxygen atoms in total. The van der Waals surface area contributed by atoms with E-state index in [4.69, 9.17) is 0 Å². The Labute approximate surface area is 125 Å². The third-order valence-electron chi connectivity index (χ3n) is 3.72. The zero-order valence-corrected chi connectivity index (χ0v) is 12.6. The molecule has 0 radical (unpaired) electrons. The molecule has 1 unspecified atom stereocenters. The maximum atomic E-state index is 12.9. The fourth-order valence-corrected chi connectivity index (χ4v) is 2.17. The topological polar surface area (TPSA) is 20.3 Å². The van der Waals surface area contributed by atoms with Crippen molar-refractivity contribution in [3.05, 3.63) is 71.0 Å². The number of Topliss-reactive ketones (excluding diaryl/α,β-unsaturated/α-hetero) is 1. The molecule has 1 atom stereocenters. The van der Waals surface area contributed by atoms with E-state index in [0.29, 0.717) is 6.54 Å². The average Bonchev–Trinajstić information content (AvgIpc) is 2.49. The summed E-state index contributed by atoms with van der Waals surface area (Å²) < 4.78 is 12.9. The minimum atomic E-state index is -0.245. The number of benzene rings is 2. The molecule has 0 aliphatic heterocycles. The molecule has 2 rings (SSSR count). The second-order valence-corrected chi connectivity index (χ2v) is 5.45. The molecule has 21 heavy (non-hydrogen) atoms. The van der Waals surface area contributed by atoms with Crippen LogP contribution in [0.4, 0.5) is 4.39 Å². The molecule has 110 valence electrons. The van der Waals surface area contributed by atoms with E-state index >= 15 is 0 Å². The molecule has 3 heteroatoms. The molecule has 2 aromatic carbocycles. The zero-order chi connectivity index (χ0) is 15.4. The summed E-state index contributed by atoms with van der Waals surface area (Å²) in [5.41, 5.74) is 2.85.